The van der Waals surface area contributed by atoms with Crippen LogP contribution in [0.4, 0.5) is 0 Å². The van der Waals surface area contributed by atoms with Crippen LogP contribution in [0.3, 0.4) is 0 Å². The third kappa shape index (κ3) is 0.753. The van der Waals surface area contributed by atoms with E-state index in [-0.39, 0.29) is 0 Å². The van der Waals surface area contributed by atoms with Gasteiger partial charge in [-0.1, -0.05) is 0 Å². The van der Waals surface area contributed by atoms with Crippen LogP contribution in [-0.4, -0.2) is 9.78 Å². The van der Waals surface area contributed by atoms with Crippen molar-refractivity contribution >= 4 is 0 Å². The van der Waals surface area contributed by atoms with Crippen LogP contribution in [0.1, 0.15) is 24.1 Å². The lowest BCUT2D eigenvalue weighted by Crippen LogP contribution is -2.05. The predicted molar refractivity (Wildman–Crippen MR) is 39.9 cm³/mol. The molecule has 2 nitrogen and oxygen atoms in total. The highest BCUT2D eigenvalue weighted by Crippen LogP contribution is 2.19. The standard InChI is InChI=1S/C8H12N2/c1-10-8-5-3-2-4-7(8)6-9-10/h6H,2-5H2,1H3. The Morgan fingerprint density at radius 2 is 2.20 bits per heavy atom. The zero-order valence-corrected chi connectivity index (χ0v) is 6.30. The van der Waals surface area contributed by atoms with Gasteiger partial charge in [-0.3, -0.25) is 4.68 Å². The van der Waals surface area contributed by atoms with E-state index >= 15 is 0 Å². The summed E-state index contributed by atoms with van der Waals surface area (Å²) in [5.41, 5.74) is 2.92. The lowest BCUT2D eigenvalue weighted by atomic mass is 9.98. The highest BCUT2D eigenvalue weighted by molar-refractivity contribution is 5.19. The molecule has 0 radical (unpaired) electrons. The molecular formula is C8H12N2. The van der Waals surface area contributed by atoms with Crippen LogP contribution in [0.25, 0.3) is 0 Å². The maximum atomic E-state index is 4.21. The number of nitrogens with zero attached hydrogens (tertiary/aromatic N) is 2. The zero-order valence-electron chi connectivity index (χ0n) is 6.30. The molecule has 1 aromatic rings. The van der Waals surface area contributed by atoms with Gasteiger partial charge in [0.1, 0.15) is 0 Å². The van der Waals surface area contributed by atoms with E-state index < -0.39 is 0 Å². The van der Waals surface area contributed by atoms with Crippen LogP contribution in [-0.2, 0) is 19.9 Å². The summed E-state index contributed by atoms with van der Waals surface area (Å²) in [5, 5.41) is 4.21. The van der Waals surface area contributed by atoms with Crippen LogP contribution < -0.4 is 0 Å². The largest absolute Gasteiger partial charge is 0.272 e. The Balaban J connectivity index is 2.45. The molecule has 0 fully saturated rings. The molecule has 1 aliphatic carbocycles. The Morgan fingerprint density at radius 3 is 3.00 bits per heavy atom. The van der Waals surface area contributed by atoms with Gasteiger partial charge in [-0.15, -0.1) is 0 Å². The van der Waals surface area contributed by atoms with Crippen LogP contribution in [0.5, 0.6) is 0 Å². The van der Waals surface area contributed by atoms with E-state index in [4.69, 9.17) is 0 Å². The number of hydrogen-bond donors (Lipinski definition) is 0. The number of rotatable bonds is 0. The maximum Gasteiger partial charge on any atom is 0.0524 e. The Morgan fingerprint density at radius 1 is 1.40 bits per heavy atom. The fourth-order valence-electron chi connectivity index (χ4n) is 1.65. The molecule has 0 atom stereocenters. The lowest BCUT2D eigenvalue weighted by Gasteiger charge is -2.10. The van der Waals surface area contributed by atoms with Crippen LogP contribution in [0, 0.1) is 0 Å². The Labute approximate surface area is 60.9 Å². The minimum Gasteiger partial charge on any atom is -0.272 e. The average molecular weight is 136 g/mol. The molecule has 0 unspecified atom stereocenters. The summed E-state index contributed by atoms with van der Waals surface area (Å²) in [6.07, 6.45) is 7.16. The van der Waals surface area contributed by atoms with E-state index in [0.29, 0.717) is 0 Å². The predicted octanol–water partition coefficient (Wildman–Crippen LogP) is 1.30. The second-order valence-electron chi connectivity index (χ2n) is 2.95. The molecule has 0 bridgehead atoms. The second-order valence-corrected chi connectivity index (χ2v) is 2.95. The molecule has 0 spiro atoms. The molecule has 0 N–H and O–H groups in total. The number of aryl methyl sites for hydroxylation is 2. The number of hydrogen-bond acceptors (Lipinski definition) is 1. The van der Waals surface area contributed by atoms with Crippen molar-refractivity contribution in [3.63, 3.8) is 0 Å². The van der Waals surface area contributed by atoms with Gasteiger partial charge in [0.25, 0.3) is 0 Å². The first-order valence-electron chi connectivity index (χ1n) is 3.87. The first-order chi connectivity index (χ1) is 4.88. The highest BCUT2D eigenvalue weighted by Gasteiger charge is 2.11. The monoisotopic (exact) mass is 136 g/mol. The van der Waals surface area contributed by atoms with Crippen molar-refractivity contribution in [3.05, 3.63) is 17.5 Å². The molecule has 54 valence electrons. The second kappa shape index (κ2) is 2.11. The normalized spacial score (nSPS) is 16.9. The molecule has 1 heterocycles. The van der Waals surface area contributed by atoms with Crippen LogP contribution >= 0.6 is 0 Å². The summed E-state index contributed by atoms with van der Waals surface area (Å²) in [6, 6.07) is 0. The molecule has 1 aliphatic rings. The molecule has 2 rings (SSSR count). The molecule has 10 heavy (non-hydrogen) atoms. The van der Waals surface area contributed by atoms with Gasteiger partial charge in [0.2, 0.25) is 0 Å². The third-order valence-electron chi connectivity index (χ3n) is 2.26. The van der Waals surface area contributed by atoms with Gasteiger partial charge in [0.05, 0.1) is 6.20 Å². The summed E-state index contributed by atoms with van der Waals surface area (Å²) in [5.74, 6) is 0. The van der Waals surface area contributed by atoms with Crippen molar-refractivity contribution in [2.75, 3.05) is 0 Å². The molecule has 2 heteroatoms. The van der Waals surface area contributed by atoms with Crippen molar-refractivity contribution < 1.29 is 0 Å². The van der Waals surface area contributed by atoms with Gasteiger partial charge in [-0.25, -0.2) is 0 Å². The van der Waals surface area contributed by atoms with Crippen LogP contribution in [0.2, 0.25) is 0 Å². The first kappa shape index (κ1) is 5.96. The third-order valence-corrected chi connectivity index (χ3v) is 2.26. The maximum absolute atomic E-state index is 4.21. The van der Waals surface area contributed by atoms with Gasteiger partial charge < -0.3 is 0 Å². The smallest absolute Gasteiger partial charge is 0.0524 e. The number of fused-ring (bicyclic) bond motifs is 1. The quantitative estimate of drug-likeness (QED) is 0.525. The molecule has 0 saturated carbocycles. The summed E-state index contributed by atoms with van der Waals surface area (Å²) in [6.45, 7) is 0. The summed E-state index contributed by atoms with van der Waals surface area (Å²) < 4.78 is 2.01. The molecule has 0 amide bonds. The van der Waals surface area contributed by atoms with Gasteiger partial charge in [0.15, 0.2) is 0 Å². The fourth-order valence-corrected chi connectivity index (χ4v) is 1.65. The molecular weight excluding hydrogens is 124 g/mol. The van der Waals surface area contributed by atoms with Crippen molar-refractivity contribution in [2.24, 2.45) is 7.05 Å². The van der Waals surface area contributed by atoms with Crippen LogP contribution in [0.15, 0.2) is 6.20 Å². The van der Waals surface area contributed by atoms with Crippen molar-refractivity contribution in [2.45, 2.75) is 25.7 Å². The lowest BCUT2D eigenvalue weighted by molar-refractivity contribution is 0.626. The van der Waals surface area contributed by atoms with E-state index in [2.05, 4.69) is 5.10 Å². The first-order valence-corrected chi connectivity index (χ1v) is 3.87. The van der Waals surface area contributed by atoms with E-state index in [1.165, 1.54) is 36.9 Å². The van der Waals surface area contributed by atoms with Gasteiger partial charge >= 0.3 is 0 Å². The van der Waals surface area contributed by atoms with Gasteiger partial charge in [0, 0.05) is 12.7 Å². The highest BCUT2D eigenvalue weighted by atomic mass is 15.3. The summed E-state index contributed by atoms with van der Waals surface area (Å²) in [7, 11) is 2.03. The summed E-state index contributed by atoms with van der Waals surface area (Å²) in [4.78, 5) is 0. The molecule has 0 aromatic carbocycles. The Hall–Kier alpha value is -0.790. The number of aromatic nitrogens is 2. The van der Waals surface area contributed by atoms with Gasteiger partial charge in [-0.2, -0.15) is 5.10 Å². The van der Waals surface area contributed by atoms with Crippen molar-refractivity contribution in [1.29, 1.82) is 0 Å². The van der Waals surface area contributed by atoms with Crippen molar-refractivity contribution in [3.8, 4) is 0 Å². The van der Waals surface area contributed by atoms with Crippen molar-refractivity contribution in [1.82, 2.24) is 9.78 Å². The Kier molecular flexibility index (Phi) is 1.26. The minimum atomic E-state index is 1.23. The molecule has 0 aliphatic heterocycles. The Bertz CT molecular complexity index is 237. The van der Waals surface area contributed by atoms with E-state index in [1.54, 1.807) is 0 Å². The zero-order chi connectivity index (χ0) is 6.97. The fraction of sp³-hybridized carbons (Fsp3) is 0.625. The average Bonchev–Trinajstić information content (AvgIpc) is 2.34. The summed E-state index contributed by atoms with van der Waals surface area (Å²) >= 11 is 0. The molecule has 0 saturated heterocycles. The minimum absolute atomic E-state index is 1.23. The van der Waals surface area contributed by atoms with Gasteiger partial charge in [-0.05, 0) is 31.2 Å². The SMILES string of the molecule is Cn1ncc2c1CCCC2. The molecule has 1 aromatic heterocycles. The topological polar surface area (TPSA) is 17.8 Å². The van der Waals surface area contributed by atoms with E-state index in [9.17, 15) is 0 Å². The van der Waals surface area contributed by atoms with E-state index in [0.717, 1.165) is 0 Å². The van der Waals surface area contributed by atoms with E-state index in [1.807, 2.05) is 17.9 Å².